The predicted molar refractivity (Wildman–Crippen MR) is 129 cm³/mol. The Kier molecular flexibility index (Phi) is 9.68. The minimum atomic E-state index is -0.504. The smallest absolute Gasteiger partial charge is 0.243 e. The molecule has 4 unspecified atom stereocenters. The third-order valence-corrected chi connectivity index (χ3v) is 7.15. The number of nitrogens with two attached hydrogens (primary N) is 1. The summed E-state index contributed by atoms with van der Waals surface area (Å²) >= 11 is 0. The lowest BCUT2D eigenvalue weighted by Crippen LogP contribution is -2.36. The second-order valence-corrected chi connectivity index (χ2v) is 9.71. The lowest BCUT2D eigenvalue weighted by Gasteiger charge is -2.31. The number of aromatic nitrogens is 4. The van der Waals surface area contributed by atoms with E-state index >= 15 is 0 Å². The van der Waals surface area contributed by atoms with E-state index in [-0.39, 0.29) is 11.9 Å². The molecule has 0 radical (unpaired) electrons. The van der Waals surface area contributed by atoms with Crippen LogP contribution in [0.4, 0.5) is 0 Å². The monoisotopic (exact) mass is 459 g/mol. The van der Waals surface area contributed by atoms with Crippen molar-refractivity contribution in [3.63, 3.8) is 0 Å². The first-order valence-corrected chi connectivity index (χ1v) is 12.2. The van der Waals surface area contributed by atoms with Gasteiger partial charge in [0.15, 0.2) is 0 Å². The normalized spacial score (nSPS) is 18.2. The maximum Gasteiger partial charge on any atom is 0.243 e. The first-order valence-electron chi connectivity index (χ1n) is 12.2. The molecule has 2 N–H and O–H groups in total. The molecule has 2 aromatic heterocycles. The van der Waals surface area contributed by atoms with E-state index in [4.69, 9.17) is 5.73 Å². The molecule has 184 valence electrons. The Morgan fingerprint density at radius 1 is 1.24 bits per heavy atom. The number of imidazole rings is 2. The highest BCUT2D eigenvalue weighted by Gasteiger charge is 2.34. The highest BCUT2D eigenvalue weighted by Crippen LogP contribution is 2.35. The summed E-state index contributed by atoms with van der Waals surface area (Å²) < 4.78 is 6.32. The minimum absolute atomic E-state index is 0.178. The van der Waals surface area contributed by atoms with E-state index in [1.54, 1.807) is 6.20 Å². The van der Waals surface area contributed by atoms with Crippen molar-refractivity contribution in [1.29, 1.82) is 0 Å². The molecule has 8 nitrogen and oxygen atoms in total. The fourth-order valence-corrected chi connectivity index (χ4v) is 4.34. The summed E-state index contributed by atoms with van der Waals surface area (Å²) in [6.45, 7) is 11.4. The van der Waals surface area contributed by atoms with E-state index < -0.39 is 5.41 Å². The van der Waals surface area contributed by atoms with Crippen LogP contribution in [0.2, 0.25) is 0 Å². The maximum atomic E-state index is 11.9. The number of nitrogens with zero attached hydrogens (tertiary/aromatic N) is 5. The lowest BCUT2D eigenvalue weighted by atomic mass is 9.79. The van der Waals surface area contributed by atoms with Gasteiger partial charge in [0.2, 0.25) is 18.1 Å². The van der Waals surface area contributed by atoms with Gasteiger partial charge in [0.05, 0.1) is 19.4 Å². The van der Waals surface area contributed by atoms with Gasteiger partial charge < -0.3 is 15.2 Å². The van der Waals surface area contributed by atoms with E-state index in [1.165, 1.54) is 0 Å². The molecular weight excluding hydrogens is 416 g/mol. The van der Waals surface area contributed by atoms with Gasteiger partial charge in [0.25, 0.3) is 0 Å². The van der Waals surface area contributed by atoms with Crippen molar-refractivity contribution in [3.05, 3.63) is 37.4 Å². The Morgan fingerprint density at radius 3 is 2.42 bits per heavy atom. The van der Waals surface area contributed by atoms with Gasteiger partial charge in [-0.25, -0.2) is 14.1 Å². The summed E-state index contributed by atoms with van der Waals surface area (Å²) in [5.41, 5.74) is 5.15. The number of likely N-dealkylation sites (tertiary alicyclic amines) is 1. The zero-order valence-corrected chi connectivity index (χ0v) is 21.3. The van der Waals surface area contributed by atoms with Crippen LogP contribution in [0.1, 0.15) is 85.2 Å². The van der Waals surface area contributed by atoms with E-state index in [9.17, 15) is 9.59 Å². The third kappa shape index (κ3) is 7.17. The Bertz CT molecular complexity index is 877. The topological polar surface area (TPSA) is 90.0 Å². The van der Waals surface area contributed by atoms with Crippen molar-refractivity contribution in [3.8, 4) is 0 Å². The number of carbonyl (C=O) groups excluding carboxylic acids is 2. The molecule has 3 rings (SSSR count). The van der Waals surface area contributed by atoms with Gasteiger partial charge in [-0.2, -0.15) is 0 Å². The summed E-state index contributed by atoms with van der Waals surface area (Å²) in [6.07, 6.45) is 17.0. The Hall–Kier alpha value is -2.64. The van der Waals surface area contributed by atoms with Gasteiger partial charge in [0.1, 0.15) is 12.4 Å². The van der Waals surface area contributed by atoms with Crippen LogP contribution in [-0.4, -0.2) is 43.4 Å². The van der Waals surface area contributed by atoms with Gasteiger partial charge in [-0.1, -0.05) is 20.8 Å². The van der Waals surface area contributed by atoms with E-state index in [0.717, 1.165) is 38.6 Å². The molecule has 2 aromatic rings. The largest absolute Gasteiger partial charge is 0.369 e. The lowest BCUT2D eigenvalue weighted by molar-refractivity contribution is -0.671. The van der Waals surface area contributed by atoms with Gasteiger partial charge in [-0.3, -0.25) is 9.59 Å². The summed E-state index contributed by atoms with van der Waals surface area (Å²) in [7, 11) is 2.01. The molecule has 33 heavy (non-hydrogen) atoms. The van der Waals surface area contributed by atoms with E-state index in [2.05, 4.69) is 47.4 Å². The summed E-state index contributed by atoms with van der Waals surface area (Å²) in [4.78, 5) is 29.2. The standard InChI is InChI=1S/C17H27N5O.C8H15NO/c1-5-17(3,16(18)23)11-15(21-7-6-19-12-21)10-14(2)22-9-8-20(4)13-22;1-3-7(2)9-6-4-5-8(9)10/h6-9,12-15H,5,10-11H2,1-4H3,(H-,18,23);7H,3-6H2,1-2H3/p+1. The molecule has 1 fully saturated rings. The van der Waals surface area contributed by atoms with Gasteiger partial charge in [0, 0.05) is 49.3 Å². The third-order valence-electron chi connectivity index (χ3n) is 7.15. The minimum Gasteiger partial charge on any atom is -0.369 e. The van der Waals surface area contributed by atoms with Crippen molar-refractivity contribution in [2.24, 2.45) is 18.2 Å². The van der Waals surface area contributed by atoms with Crippen molar-refractivity contribution < 1.29 is 14.2 Å². The van der Waals surface area contributed by atoms with E-state index in [1.807, 2.05) is 49.1 Å². The van der Waals surface area contributed by atoms with Crippen molar-refractivity contribution in [2.45, 2.75) is 91.3 Å². The molecule has 1 saturated heterocycles. The molecule has 3 heterocycles. The molecule has 4 atom stereocenters. The molecule has 0 saturated carbocycles. The number of rotatable bonds is 10. The Labute approximate surface area is 198 Å². The van der Waals surface area contributed by atoms with Crippen LogP contribution < -0.4 is 10.3 Å². The van der Waals surface area contributed by atoms with Crippen LogP contribution in [0.15, 0.2) is 37.4 Å². The first-order chi connectivity index (χ1) is 15.6. The second-order valence-electron chi connectivity index (χ2n) is 9.71. The highest BCUT2D eigenvalue weighted by atomic mass is 16.2. The molecule has 1 aliphatic heterocycles. The van der Waals surface area contributed by atoms with E-state index in [0.29, 0.717) is 24.4 Å². The molecule has 8 heteroatoms. The van der Waals surface area contributed by atoms with Crippen LogP contribution in [0, 0.1) is 5.41 Å². The van der Waals surface area contributed by atoms with Gasteiger partial charge >= 0.3 is 0 Å². The average molecular weight is 460 g/mol. The molecule has 2 amide bonds. The SMILES string of the molecule is CCC(C)(CC(CC(C)n1cc[n+](C)c1)n1ccnc1)C(N)=O.CCC(C)N1CCCC1=O. The number of amides is 2. The zero-order valence-electron chi connectivity index (χ0n) is 21.3. The Balaban J connectivity index is 0.000000321. The van der Waals surface area contributed by atoms with Crippen molar-refractivity contribution >= 4 is 11.8 Å². The fourth-order valence-electron chi connectivity index (χ4n) is 4.34. The molecule has 0 aromatic carbocycles. The number of hydrogen-bond donors (Lipinski definition) is 1. The molecule has 1 aliphatic rings. The van der Waals surface area contributed by atoms with Crippen molar-refractivity contribution in [2.75, 3.05) is 6.54 Å². The number of carbonyl (C=O) groups is 2. The van der Waals surface area contributed by atoms with Crippen LogP contribution in [0.3, 0.4) is 0 Å². The molecular formula is C25H43N6O2+. The second kappa shape index (κ2) is 12.0. The van der Waals surface area contributed by atoms with Crippen LogP contribution >= 0.6 is 0 Å². The van der Waals surface area contributed by atoms with Crippen molar-refractivity contribution in [1.82, 2.24) is 19.0 Å². The number of hydrogen-bond acceptors (Lipinski definition) is 3. The molecule has 0 bridgehead atoms. The maximum absolute atomic E-state index is 11.9. The number of aryl methyl sites for hydroxylation is 1. The summed E-state index contributed by atoms with van der Waals surface area (Å²) in [5, 5.41) is 0. The predicted octanol–water partition coefficient (Wildman–Crippen LogP) is 3.40. The summed E-state index contributed by atoms with van der Waals surface area (Å²) in [6, 6.07) is 0.949. The van der Waals surface area contributed by atoms with Gasteiger partial charge in [-0.05, 0) is 39.5 Å². The first kappa shape index (κ1) is 26.6. The number of primary amides is 1. The highest BCUT2D eigenvalue weighted by molar-refractivity contribution is 5.80. The van der Waals surface area contributed by atoms with Crippen LogP contribution in [-0.2, 0) is 16.6 Å². The van der Waals surface area contributed by atoms with Gasteiger partial charge in [-0.15, -0.1) is 0 Å². The molecule has 0 spiro atoms. The molecule has 0 aliphatic carbocycles. The Morgan fingerprint density at radius 2 is 1.97 bits per heavy atom. The quantitative estimate of drug-likeness (QED) is 0.552. The fraction of sp³-hybridized carbons (Fsp3) is 0.680. The van der Waals surface area contributed by atoms with Crippen LogP contribution in [0.5, 0.6) is 0 Å². The van der Waals surface area contributed by atoms with Crippen LogP contribution in [0.25, 0.3) is 0 Å². The average Bonchev–Trinajstić information content (AvgIpc) is 3.55. The summed E-state index contributed by atoms with van der Waals surface area (Å²) in [5.74, 6) is 0.111. The zero-order chi connectivity index (χ0) is 24.6.